The van der Waals surface area contributed by atoms with Crippen molar-refractivity contribution in [2.45, 2.75) is 49.3 Å². The van der Waals surface area contributed by atoms with Crippen molar-refractivity contribution >= 4 is 39.8 Å². The number of thioether (sulfide) groups is 1. The van der Waals surface area contributed by atoms with Crippen LogP contribution in [0.5, 0.6) is 0 Å². The van der Waals surface area contributed by atoms with Crippen molar-refractivity contribution in [3.8, 4) is 0 Å². The van der Waals surface area contributed by atoms with E-state index < -0.39 is 4.92 Å². The maximum Gasteiger partial charge on any atom is 0.269 e. The number of nitro groups is 1. The number of hydrogen-bond acceptors (Lipinski definition) is 6. The predicted molar refractivity (Wildman–Crippen MR) is 118 cm³/mol. The van der Waals surface area contributed by atoms with Crippen molar-refractivity contribution in [2.24, 2.45) is 17.8 Å². The van der Waals surface area contributed by atoms with Crippen molar-refractivity contribution in [1.82, 2.24) is 4.98 Å². The molecule has 8 heteroatoms. The number of non-ortho nitro benzene ring substituents is 1. The number of hydrogen-bond donors (Lipinski definition) is 0. The molecule has 5 aliphatic rings. The fourth-order valence-corrected chi connectivity index (χ4v) is 8.89. The zero-order valence-electron chi connectivity index (χ0n) is 16.5. The highest BCUT2D eigenvalue weighted by Gasteiger charge is 2.53. The van der Waals surface area contributed by atoms with E-state index in [1.54, 1.807) is 40.1 Å². The number of nitro benzene ring substituents is 1. The van der Waals surface area contributed by atoms with Gasteiger partial charge in [-0.15, -0.1) is 23.1 Å². The van der Waals surface area contributed by atoms with Gasteiger partial charge in [-0.3, -0.25) is 19.8 Å². The lowest BCUT2D eigenvalue weighted by Crippen LogP contribution is -2.48. The first kappa shape index (κ1) is 18.8. The van der Waals surface area contributed by atoms with Gasteiger partial charge in [0.15, 0.2) is 5.13 Å². The molecule has 1 aromatic carbocycles. The van der Waals surface area contributed by atoms with Crippen LogP contribution in [0.2, 0.25) is 0 Å². The molecule has 0 radical (unpaired) electrons. The minimum Gasteiger partial charge on any atom is -0.273 e. The average Bonchev–Trinajstić information content (AvgIpc) is 3.34. The molecular weight excluding hydrogens is 418 g/mol. The topological polar surface area (TPSA) is 76.3 Å². The highest BCUT2D eigenvalue weighted by molar-refractivity contribution is 8.00. The Kier molecular flexibility index (Phi) is 4.25. The number of amides is 1. The van der Waals surface area contributed by atoms with Crippen LogP contribution in [-0.4, -0.2) is 21.6 Å². The van der Waals surface area contributed by atoms with E-state index in [1.807, 2.05) is 0 Å². The Bertz CT molecular complexity index is 984. The normalized spacial score (nSPS) is 34.7. The lowest BCUT2D eigenvalue weighted by atomic mass is 9.49. The van der Waals surface area contributed by atoms with Gasteiger partial charge in [0, 0.05) is 22.9 Å². The van der Waals surface area contributed by atoms with Crippen LogP contribution in [0.3, 0.4) is 0 Å². The molecule has 30 heavy (non-hydrogen) atoms. The van der Waals surface area contributed by atoms with Gasteiger partial charge in [-0.25, -0.2) is 4.98 Å². The van der Waals surface area contributed by atoms with Crippen molar-refractivity contribution in [1.29, 1.82) is 0 Å². The van der Waals surface area contributed by atoms with Gasteiger partial charge in [0.2, 0.25) is 5.91 Å². The summed E-state index contributed by atoms with van der Waals surface area (Å²) in [6.45, 7) is 0. The summed E-state index contributed by atoms with van der Waals surface area (Å²) in [5.74, 6) is 3.05. The van der Waals surface area contributed by atoms with Crippen molar-refractivity contribution in [2.75, 3.05) is 10.7 Å². The fourth-order valence-electron chi connectivity index (χ4n) is 6.68. The monoisotopic (exact) mass is 441 g/mol. The van der Waals surface area contributed by atoms with Gasteiger partial charge in [-0.05, 0) is 74.0 Å². The van der Waals surface area contributed by atoms with Crippen LogP contribution in [0.1, 0.15) is 55.2 Å². The van der Waals surface area contributed by atoms with Crippen molar-refractivity contribution in [3.63, 3.8) is 0 Å². The molecule has 4 aliphatic carbocycles. The number of aromatic nitrogens is 1. The third-order valence-corrected chi connectivity index (χ3v) is 9.59. The van der Waals surface area contributed by atoms with Gasteiger partial charge >= 0.3 is 0 Å². The first-order chi connectivity index (χ1) is 14.5. The summed E-state index contributed by atoms with van der Waals surface area (Å²) in [4.78, 5) is 30.2. The van der Waals surface area contributed by atoms with Crippen LogP contribution >= 0.6 is 23.1 Å². The summed E-state index contributed by atoms with van der Waals surface area (Å²) in [5, 5.41) is 13.8. The minimum atomic E-state index is -0.396. The molecule has 1 amide bonds. The molecule has 2 aromatic rings. The second-order valence-electron chi connectivity index (χ2n) is 9.49. The summed E-state index contributed by atoms with van der Waals surface area (Å²) in [6, 6.07) is 6.54. The summed E-state index contributed by atoms with van der Waals surface area (Å²) in [5.41, 5.74) is 2.40. The number of carbonyl (C=O) groups is 1. The number of benzene rings is 1. The second-order valence-corrected chi connectivity index (χ2v) is 11.4. The Balaban J connectivity index is 1.30. The van der Waals surface area contributed by atoms with Crippen LogP contribution in [0.4, 0.5) is 10.8 Å². The molecule has 7 rings (SSSR count). The summed E-state index contributed by atoms with van der Waals surface area (Å²) in [6.07, 6.45) is 7.99. The quantitative estimate of drug-likeness (QED) is 0.475. The summed E-state index contributed by atoms with van der Waals surface area (Å²) in [7, 11) is 0. The highest BCUT2D eigenvalue weighted by Crippen LogP contribution is 2.61. The predicted octanol–water partition coefficient (Wildman–Crippen LogP) is 5.30. The van der Waals surface area contributed by atoms with Crippen LogP contribution in [-0.2, 0) is 10.2 Å². The number of thiazole rings is 1. The maximum atomic E-state index is 12.8. The molecule has 4 saturated carbocycles. The largest absolute Gasteiger partial charge is 0.273 e. The third-order valence-electron chi connectivity index (χ3n) is 7.54. The Morgan fingerprint density at radius 2 is 1.70 bits per heavy atom. The molecule has 0 spiro atoms. The maximum absolute atomic E-state index is 12.8. The SMILES string of the molecule is O=C1CSC(c2ccc([N+](=O)[O-])cc2)N1c1nc(C23CC4CC(CC(C4)C2)C3)cs1. The lowest BCUT2D eigenvalue weighted by molar-refractivity contribution is -0.384. The third kappa shape index (κ3) is 2.91. The van der Waals surface area contributed by atoms with E-state index >= 15 is 0 Å². The van der Waals surface area contributed by atoms with Crippen LogP contribution < -0.4 is 4.90 Å². The molecule has 1 saturated heterocycles. The number of anilines is 1. The van der Waals surface area contributed by atoms with Crippen LogP contribution in [0.25, 0.3) is 0 Å². The average molecular weight is 442 g/mol. The van der Waals surface area contributed by atoms with Crippen molar-refractivity contribution in [3.05, 3.63) is 51.0 Å². The van der Waals surface area contributed by atoms with Gasteiger partial charge in [0.05, 0.1) is 16.4 Å². The molecule has 2 heterocycles. The van der Waals surface area contributed by atoms with E-state index in [0.717, 1.165) is 28.4 Å². The number of carbonyl (C=O) groups excluding carboxylic acids is 1. The Morgan fingerprint density at radius 1 is 1.07 bits per heavy atom. The van der Waals surface area contributed by atoms with E-state index in [2.05, 4.69) is 5.38 Å². The van der Waals surface area contributed by atoms with E-state index in [4.69, 9.17) is 4.98 Å². The molecule has 4 bridgehead atoms. The summed E-state index contributed by atoms with van der Waals surface area (Å²) < 4.78 is 0. The number of nitrogens with zero attached hydrogens (tertiary/aromatic N) is 3. The molecule has 1 aromatic heterocycles. The standard InChI is InChI=1S/C22H23N3O3S2/c26-19-12-29-20(16-1-3-17(4-2-16)25(27)28)24(19)21-23-18(11-30-21)22-8-13-5-14(9-22)7-15(6-13)10-22/h1-4,11,13-15,20H,5-10,12H2. The second kappa shape index (κ2) is 6.79. The van der Waals surface area contributed by atoms with Gasteiger partial charge in [0.1, 0.15) is 5.37 Å². The minimum absolute atomic E-state index is 0.0646. The lowest BCUT2D eigenvalue weighted by Gasteiger charge is -2.56. The first-order valence-corrected chi connectivity index (χ1v) is 12.6. The van der Waals surface area contributed by atoms with Crippen LogP contribution in [0.15, 0.2) is 29.6 Å². The highest BCUT2D eigenvalue weighted by atomic mass is 32.2. The van der Waals surface area contributed by atoms with Crippen LogP contribution in [0, 0.1) is 27.9 Å². The molecule has 6 nitrogen and oxygen atoms in total. The van der Waals surface area contributed by atoms with E-state index in [9.17, 15) is 14.9 Å². The molecule has 1 aliphatic heterocycles. The fraction of sp³-hybridized carbons (Fsp3) is 0.545. The summed E-state index contributed by atoms with van der Waals surface area (Å²) >= 11 is 3.14. The molecule has 0 N–H and O–H groups in total. The van der Waals surface area contributed by atoms with Crippen molar-refractivity contribution < 1.29 is 9.72 Å². The number of rotatable bonds is 4. The molecule has 5 fully saturated rings. The Hall–Kier alpha value is -1.93. The molecule has 156 valence electrons. The van der Waals surface area contributed by atoms with Gasteiger partial charge in [-0.1, -0.05) is 0 Å². The van der Waals surface area contributed by atoms with E-state index in [-0.39, 0.29) is 22.4 Å². The van der Waals surface area contributed by atoms with E-state index in [1.165, 1.54) is 56.4 Å². The smallest absolute Gasteiger partial charge is 0.269 e. The Morgan fingerprint density at radius 3 is 2.30 bits per heavy atom. The first-order valence-electron chi connectivity index (χ1n) is 10.6. The zero-order valence-corrected chi connectivity index (χ0v) is 18.2. The molecular formula is C22H23N3O3S2. The molecule has 1 atom stereocenters. The van der Waals surface area contributed by atoms with Gasteiger partial charge < -0.3 is 0 Å². The van der Waals surface area contributed by atoms with Gasteiger partial charge in [-0.2, -0.15) is 0 Å². The Labute approximate surface area is 183 Å². The van der Waals surface area contributed by atoms with Gasteiger partial charge in [0.25, 0.3) is 5.69 Å². The zero-order chi connectivity index (χ0) is 20.5. The molecule has 1 unspecified atom stereocenters. The van der Waals surface area contributed by atoms with E-state index in [0.29, 0.717) is 5.75 Å².